The average molecular weight is 398 g/mol. The number of anilines is 1. The van der Waals surface area contributed by atoms with Crippen molar-refractivity contribution in [2.24, 2.45) is 0 Å². The molecule has 30 heavy (non-hydrogen) atoms. The number of amides is 1. The van der Waals surface area contributed by atoms with E-state index in [4.69, 9.17) is 0 Å². The lowest BCUT2D eigenvalue weighted by molar-refractivity contribution is 0.0963. The number of carbonyl (C=O) groups is 1. The number of para-hydroxylation sites is 1. The molecule has 0 saturated heterocycles. The van der Waals surface area contributed by atoms with Gasteiger partial charge in [-0.3, -0.25) is 15.6 Å². The molecule has 0 aliphatic heterocycles. The zero-order valence-electron chi connectivity index (χ0n) is 17.0. The largest absolute Gasteiger partial charge is 0.273 e. The fourth-order valence-electron chi connectivity index (χ4n) is 3.14. The molecule has 2 heterocycles. The SMILES string of the molecule is Cc1ccc(-c2nn(-c3ccccc3)cc2C(=O)NNc2nc(C)cc(C)n2)cc1. The van der Waals surface area contributed by atoms with Crippen LogP contribution in [0.5, 0.6) is 0 Å². The molecule has 7 heteroatoms. The summed E-state index contributed by atoms with van der Waals surface area (Å²) in [4.78, 5) is 21.6. The first-order valence-corrected chi connectivity index (χ1v) is 9.60. The second kappa shape index (κ2) is 8.16. The van der Waals surface area contributed by atoms with E-state index >= 15 is 0 Å². The van der Waals surface area contributed by atoms with Gasteiger partial charge < -0.3 is 0 Å². The topological polar surface area (TPSA) is 84.7 Å². The molecule has 1 amide bonds. The van der Waals surface area contributed by atoms with Crippen molar-refractivity contribution in [3.8, 4) is 16.9 Å². The van der Waals surface area contributed by atoms with Gasteiger partial charge in [-0.15, -0.1) is 0 Å². The molecule has 0 unspecified atom stereocenters. The van der Waals surface area contributed by atoms with Gasteiger partial charge in [-0.25, -0.2) is 14.6 Å². The predicted octanol–water partition coefficient (Wildman–Crippen LogP) is 4.01. The quantitative estimate of drug-likeness (QED) is 0.496. The molecule has 2 N–H and O–H groups in total. The highest BCUT2D eigenvalue weighted by Gasteiger charge is 2.19. The van der Waals surface area contributed by atoms with Crippen LogP contribution in [-0.4, -0.2) is 25.7 Å². The lowest BCUT2D eigenvalue weighted by Crippen LogP contribution is -2.30. The third-order valence-corrected chi connectivity index (χ3v) is 4.57. The molecule has 0 fully saturated rings. The molecule has 4 rings (SSSR count). The van der Waals surface area contributed by atoms with Gasteiger partial charge in [-0.1, -0.05) is 48.0 Å². The van der Waals surface area contributed by atoms with Crippen LogP contribution in [0.25, 0.3) is 16.9 Å². The third-order valence-electron chi connectivity index (χ3n) is 4.57. The number of aromatic nitrogens is 4. The van der Waals surface area contributed by atoms with Crippen molar-refractivity contribution in [2.45, 2.75) is 20.8 Å². The maximum Gasteiger partial charge on any atom is 0.273 e. The van der Waals surface area contributed by atoms with Crippen LogP contribution < -0.4 is 10.9 Å². The summed E-state index contributed by atoms with van der Waals surface area (Å²) in [5, 5.41) is 4.68. The summed E-state index contributed by atoms with van der Waals surface area (Å²) in [5.41, 5.74) is 11.0. The van der Waals surface area contributed by atoms with Crippen LogP contribution in [0.2, 0.25) is 0 Å². The molecule has 7 nitrogen and oxygen atoms in total. The van der Waals surface area contributed by atoms with Gasteiger partial charge in [0.25, 0.3) is 5.91 Å². The summed E-state index contributed by atoms with van der Waals surface area (Å²) < 4.78 is 1.71. The van der Waals surface area contributed by atoms with Gasteiger partial charge in [0.2, 0.25) is 5.95 Å². The molecule has 2 aromatic carbocycles. The number of rotatable bonds is 5. The number of benzene rings is 2. The smallest absolute Gasteiger partial charge is 0.267 e. The molecule has 0 radical (unpaired) electrons. The Kier molecular flexibility index (Phi) is 5.26. The predicted molar refractivity (Wildman–Crippen MR) is 116 cm³/mol. The summed E-state index contributed by atoms with van der Waals surface area (Å²) >= 11 is 0. The number of nitrogens with zero attached hydrogens (tertiary/aromatic N) is 4. The number of hydrazine groups is 1. The Morgan fingerprint density at radius 2 is 1.57 bits per heavy atom. The van der Waals surface area contributed by atoms with E-state index in [1.165, 1.54) is 0 Å². The average Bonchev–Trinajstić information content (AvgIpc) is 3.18. The van der Waals surface area contributed by atoms with Crippen LogP contribution in [0.15, 0.2) is 66.9 Å². The molecule has 0 saturated carbocycles. The van der Waals surface area contributed by atoms with Crippen molar-refractivity contribution in [1.29, 1.82) is 0 Å². The van der Waals surface area contributed by atoms with Crippen LogP contribution in [0, 0.1) is 20.8 Å². The third kappa shape index (κ3) is 4.20. The van der Waals surface area contributed by atoms with Crippen molar-refractivity contribution in [3.05, 3.63) is 89.4 Å². The number of hydrogen-bond donors (Lipinski definition) is 2. The summed E-state index contributed by atoms with van der Waals surface area (Å²) in [5.74, 6) is 0.0173. The highest BCUT2D eigenvalue weighted by molar-refractivity contribution is 6.00. The van der Waals surface area contributed by atoms with E-state index < -0.39 is 0 Å². The Balaban J connectivity index is 1.67. The molecule has 0 bridgehead atoms. The molecule has 150 valence electrons. The monoisotopic (exact) mass is 398 g/mol. The van der Waals surface area contributed by atoms with E-state index in [0.29, 0.717) is 17.2 Å². The van der Waals surface area contributed by atoms with E-state index in [0.717, 1.165) is 28.2 Å². The number of aryl methyl sites for hydroxylation is 3. The Hall–Kier alpha value is -4.00. The highest BCUT2D eigenvalue weighted by Crippen LogP contribution is 2.24. The Morgan fingerprint density at radius 1 is 0.900 bits per heavy atom. The lowest BCUT2D eigenvalue weighted by Gasteiger charge is -2.08. The van der Waals surface area contributed by atoms with Crippen molar-refractivity contribution in [1.82, 2.24) is 25.2 Å². The van der Waals surface area contributed by atoms with Gasteiger partial charge in [0.05, 0.1) is 11.3 Å². The maximum atomic E-state index is 13.0. The molecular weight excluding hydrogens is 376 g/mol. The minimum Gasteiger partial charge on any atom is -0.267 e. The molecule has 0 aliphatic rings. The molecular formula is C23H22N6O. The molecule has 4 aromatic rings. The first kappa shape index (κ1) is 19.3. The van der Waals surface area contributed by atoms with Gasteiger partial charge in [0.1, 0.15) is 5.69 Å². The maximum absolute atomic E-state index is 13.0. The highest BCUT2D eigenvalue weighted by atomic mass is 16.2. The van der Waals surface area contributed by atoms with Crippen LogP contribution in [-0.2, 0) is 0 Å². The summed E-state index contributed by atoms with van der Waals surface area (Å²) in [7, 11) is 0. The standard InChI is InChI=1S/C23H22N6O/c1-15-9-11-18(12-10-15)21-20(14-29(28-21)19-7-5-4-6-8-19)22(30)26-27-23-24-16(2)13-17(3)25-23/h4-14H,1-3H3,(H,26,30)(H,24,25,27). The van der Waals surface area contributed by atoms with Crippen molar-refractivity contribution in [2.75, 3.05) is 5.43 Å². The van der Waals surface area contributed by atoms with Crippen molar-refractivity contribution < 1.29 is 4.79 Å². The van der Waals surface area contributed by atoms with Crippen molar-refractivity contribution >= 4 is 11.9 Å². The molecule has 0 spiro atoms. The van der Waals surface area contributed by atoms with Crippen LogP contribution in [0.3, 0.4) is 0 Å². The summed E-state index contributed by atoms with van der Waals surface area (Å²) in [6.45, 7) is 5.77. The number of carbonyl (C=O) groups excluding carboxylic acids is 1. The normalized spacial score (nSPS) is 10.6. The number of hydrogen-bond acceptors (Lipinski definition) is 5. The Labute approximate surface area is 174 Å². The fraction of sp³-hybridized carbons (Fsp3) is 0.130. The second-order valence-corrected chi connectivity index (χ2v) is 7.09. The number of nitrogens with one attached hydrogen (secondary N) is 2. The van der Waals surface area contributed by atoms with Crippen LogP contribution in [0.1, 0.15) is 27.3 Å². The summed E-state index contributed by atoms with van der Waals surface area (Å²) in [6, 6.07) is 19.5. The second-order valence-electron chi connectivity index (χ2n) is 7.09. The minimum absolute atomic E-state index is 0.324. The van der Waals surface area contributed by atoms with Crippen LogP contribution in [0.4, 0.5) is 5.95 Å². The van der Waals surface area contributed by atoms with Gasteiger partial charge in [0, 0.05) is 23.1 Å². The molecule has 2 aromatic heterocycles. The first-order valence-electron chi connectivity index (χ1n) is 9.60. The molecule has 0 aliphatic carbocycles. The Bertz CT molecular complexity index is 1160. The molecule has 0 atom stereocenters. The van der Waals surface area contributed by atoms with E-state index in [1.807, 2.05) is 81.4 Å². The first-order chi connectivity index (χ1) is 14.5. The van der Waals surface area contributed by atoms with Gasteiger partial charge >= 0.3 is 0 Å². The Morgan fingerprint density at radius 3 is 2.23 bits per heavy atom. The zero-order chi connectivity index (χ0) is 21.1. The zero-order valence-corrected chi connectivity index (χ0v) is 17.0. The van der Waals surface area contributed by atoms with E-state index in [2.05, 4.69) is 25.9 Å². The summed E-state index contributed by atoms with van der Waals surface area (Å²) in [6.07, 6.45) is 1.73. The minimum atomic E-state index is -0.324. The van der Waals surface area contributed by atoms with Gasteiger partial charge in [-0.2, -0.15) is 5.10 Å². The van der Waals surface area contributed by atoms with Crippen molar-refractivity contribution in [3.63, 3.8) is 0 Å². The lowest BCUT2D eigenvalue weighted by atomic mass is 10.1. The van der Waals surface area contributed by atoms with Gasteiger partial charge in [0.15, 0.2) is 0 Å². The van der Waals surface area contributed by atoms with Crippen LogP contribution >= 0.6 is 0 Å². The van der Waals surface area contributed by atoms with E-state index in [-0.39, 0.29) is 5.91 Å². The van der Waals surface area contributed by atoms with Gasteiger partial charge in [-0.05, 0) is 39.0 Å². The van der Waals surface area contributed by atoms with E-state index in [1.54, 1.807) is 10.9 Å². The van der Waals surface area contributed by atoms with E-state index in [9.17, 15) is 4.79 Å². The fourth-order valence-corrected chi connectivity index (χ4v) is 3.14.